The molecule has 0 aliphatic heterocycles. The third kappa shape index (κ3) is 6.92. The van der Waals surface area contributed by atoms with Crippen LogP contribution >= 0.6 is 0 Å². The molecule has 0 saturated carbocycles. The molecule has 21 heavy (non-hydrogen) atoms. The first-order chi connectivity index (χ1) is 10.2. The molecule has 1 rings (SSSR count). The first-order valence-electron chi connectivity index (χ1n) is 6.90. The molecule has 1 aromatic rings. The number of ether oxygens (including phenoxy) is 3. The van der Waals surface area contributed by atoms with Crippen LogP contribution in [-0.2, 0) is 9.47 Å². The van der Waals surface area contributed by atoms with Crippen LogP contribution in [0.3, 0.4) is 0 Å². The molecule has 1 N–H and O–H groups in total. The number of nitrogens with one attached hydrogen (secondary N) is 1. The van der Waals surface area contributed by atoms with Crippen molar-refractivity contribution >= 4 is 11.4 Å². The van der Waals surface area contributed by atoms with Crippen LogP contribution in [0.5, 0.6) is 5.75 Å². The van der Waals surface area contributed by atoms with E-state index in [1.807, 2.05) is 6.92 Å². The summed E-state index contributed by atoms with van der Waals surface area (Å²) in [5.74, 6) is 0.457. The molecule has 0 aliphatic carbocycles. The van der Waals surface area contributed by atoms with Crippen LogP contribution in [0.25, 0.3) is 0 Å². The molecular weight excluding hydrogens is 276 g/mol. The summed E-state index contributed by atoms with van der Waals surface area (Å²) in [6.45, 7) is 4.54. The van der Waals surface area contributed by atoms with E-state index in [2.05, 4.69) is 5.32 Å². The molecule has 0 fully saturated rings. The van der Waals surface area contributed by atoms with Gasteiger partial charge >= 0.3 is 0 Å². The average Bonchev–Trinajstić information content (AvgIpc) is 2.48. The highest BCUT2D eigenvalue weighted by Crippen LogP contribution is 2.26. The van der Waals surface area contributed by atoms with Crippen LogP contribution in [0.15, 0.2) is 18.2 Å². The van der Waals surface area contributed by atoms with Crippen molar-refractivity contribution < 1.29 is 19.1 Å². The maximum Gasteiger partial charge on any atom is 0.275 e. The molecule has 0 amide bonds. The Morgan fingerprint density at radius 3 is 2.62 bits per heavy atom. The van der Waals surface area contributed by atoms with E-state index in [0.717, 1.165) is 13.0 Å². The molecular formula is C14H22N2O5. The van der Waals surface area contributed by atoms with Crippen molar-refractivity contribution in [2.24, 2.45) is 0 Å². The van der Waals surface area contributed by atoms with Crippen molar-refractivity contribution in [1.29, 1.82) is 0 Å². The normalized spacial score (nSPS) is 10.4. The third-order valence-electron chi connectivity index (χ3n) is 2.61. The molecule has 0 aliphatic rings. The maximum atomic E-state index is 10.9. The third-order valence-corrected chi connectivity index (χ3v) is 2.61. The van der Waals surface area contributed by atoms with Gasteiger partial charge in [-0.15, -0.1) is 0 Å². The number of non-ortho nitro benzene ring substituents is 1. The van der Waals surface area contributed by atoms with E-state index in [9.17, 15) is 10.1 Å². The quantitative estimate of drug-likeness (QED) is 0.384. The monoisotopic (exact) mass is 298 g/mol. The van der Waals surface area contributed by atoms with Crippen LogP contribution in [0.1, 0.15) is 13.3 Å². The molecule has 7 heteroatoms. The van der Waals surface area contributed by atoms with Gasteiger partial charge in [0.15, 0.2) is 0 Å². The summed E-state index contributed by atoms with van der Waals surface area (Å²) in [7, 11) is 1.60. The Labute approximate surface area is 124 Å². The van der Waals surface area contributed by atoms with Crippen LogP contribution in [-0.4, -0.2) is 45.0 Å². The van der Waals surface area contributed by atoms with Crippen molar-refractivity contribution in [1.82, 2.24) is 0 Å². The number of nitro benzene ring substituents is 1. The lowest BCUT2D eigenvalue weighted by molar-refractivity contribution is -0.384. The van der Waals surface area contributed by atoms with E-state index in [4.69, 9.17) is 14.2 Å². The van der Waals surface area contributed by atoms with Crippen molar-refractivity contribution in [2.45, 2.75) is 13.3 Å². The predicted octanol–water partition coefficient (Wildman–Crippen LogP) is 2.46. The zero-order valence-corrected chi connectivity index (χ0v) is 12.5. The van der Waals surface area contributed by atoms with Crippen molar-refractivity contribution in [3.05, 3.63) is 28.3 Å². The lowest BCUT2D eigenvalue weighted by atomic mass is 10.2. The standard InChI is InChI=1S/C14H22N2O5/c1-3-4-15-12-9-13(16(17)18)11-14(10-12)21-8-7-20-6-5-19-2/h9-11,15H,3-8H2,1-2H3. The second-order valence-electron chi connectivity index (χ2n) is 4.35. The molecule has 0 heterocycles. The van der Waals surface area contributed by atoms with Crippen LogP contribution < -0.4 is 10.1 Å². The fourth-order valence-corrected chi connectivity index (χ4v) is 1.61. The lowest BCUT2D eigenvalue weighted by Gasteiger charge is -2.10. The molecule has 1 aromatic carbocycles. The molecule has 0 unspecified atom stereocenters. The summed E-state index contributed by atoms with van der Waals surface area (Å²) in [6.07, 6.45) is 0.937. The first-order valence-corrected chi connectivity index (χ1v) is 6.90. The zero-order chi connectivity index (χ0) is 15.5. The van der Waals surface area contributed by atoms with E-state index in [1.54, 1.807) is 13.2 Å². The summed E-state index contributed by atoms with van der Waals surface area (Å²) in [5, 5.41) is 14.0. The minimum Gasteiger partial charge on any atom is -0.491 e. The number of anilines is 1. The van der Waals surface area contributed by atoms with E-state index in [0.29, 0.717) is 37.9 Å². The highest BCUT2D eigenvalue weighted by molar-refractivity contribution is 5.56. The summed E-state index contributed by atoms with van der Waals surface area (Å²) >= 11 is 0. The van der Waals surface area contributed by atoms with Crippen LogP contribution in [0.4, 0.5) is 11.4 Å². The van der Waals surface area contributed by atoms with Gasteiger partial charge in [0, 0.05) is 31.5 Å². The smallest absolute Gasteiger partial charge is 0.275 e. The number of nitro groups is 1. The molecule has 0 saturated heterocycles. The largest absolute Gasteiger partial charge is 0.491 e. The number of nitrogens with zero attached hydrogens (tertiary/aromatic N) is 1. The van der Waals surface area contributed by atoms with Gasteiger partial charge in [-0.05, 0) is 6.42 Å². The van der Waals surface area contributed by atoms with E-state index < -0.39 is 4.92 Å². The maximum absolute atomic E-state index is 10.9. The molecule has 118 valence electrons. The second-order valence-corrected chi connectivity index (χ2v) is 4.35. The summed E-state index contributed by atoms with van der Waals surface area (Å²) < 4.78 is 15.6. The fraction of sp³-hybridized carbons (Fsp3) is 0.571. The average molecular weight is 298 g/mol. The van der Waals surface area contributed by atoms with Gasteiger partial charge in [-0.1, -0.05) is 6.92 Å². The summed E-state index contributed by atoms with van der Waals surface area (Å²) in [4.78, 5) is 10.5. The van der Waals surface area contributed by atoms with Gasteiger partial charge in [-0.2, -0.15) is 0 Å². The van der Waals surface area contributed by atoms with Crippen molar-refractivity contribution in [2.75, 3.05) is 45.4 Å². The van der Waals surface area contributed by atoms with E-state index in [-0.39, 0.29) is 5.69 Å². The van der Waals surface area contributed by atoms with Gasteiger partial charge in [0.1, 0.15) is 12.4 Å². The highest BCUT2D eigenvalue weighted by Gasteiger charge is 2.10. The zero-order valence-electron chi connectivity index (χ0n) is 12.5. The van der Waals surface area contributed by atoms with Crippen LogP contribution in [0, 0.1) is 10.1 Å². The Morgan fingerprint density at radius 2 is 1.95 bits per heavy atom. The van der Waals surface area contributed by atoms with Crippen LogP contribution in [0.2, 0.25) is 0 Å². The lowest BCUT2D eigenvalue weighted by Crippen LogP contribution is -2.10. The molecule has 0 spiro atoms. The Kier molecular flexibility index (Phi) is 8.15. The Hall–Kier alpha value is -1.86. The highest BCUT2D eigenvalue weighted by atomic mass is 16.6. The van der Waals surface area contributed by atoms with E-state index in [1.165, 1.54) is 12.1 Å². The molecule has 0 aromatic heterocycles. The van der Waals surface area contributed by atoms with Gasteiger partial charge < -0.3 is 19.5 Å². The SMILES string of the molecule is CCCNc1cc(OCCOCCOC)cc([N+](=O)[O-])c1. The molecule has 7 nitrogen and oxygen atoms in total. The topological polar surface area (TPSA) is 82.9 Å². The number of hydrogen-bond acceptors (Lipinski definition) is 6. The first kappa shape index (κ1) is 17.2. The summed E-state index contributed by atoms with van der Waals surface area (Å²) in [5.41, 5.74) is 0.688. The molecule has 0 bridgehead atoms. The number of rotatable bonds is 11. The van der Waals surface area contributed by atoms with Gasteiger partial charge in [-0.25, -0.2) is 0 Å². The number of hydrogen-bond donors (Lipinski definition) is 1. The van der Waals surface area contributed by atoms with Crippen molar-refractivity contribution in [3.63, 3.8) is 0 Å². The predicted molar refractivity (Wildman–Crippen MR) is 80.1 cm³/mol. The number of methoxy groups -OCH3 is 1. The Bertz CT molecular complexity index is 439. The van der Waals surface area contributed by atoms with Gasteiger partial charge in [0.2, 0.25) is 0 Å². The van der Waals surface area contributed by atoms with E-state index >= 15 is 0 Å². The van der Waals surface area contributed by atoms with Crippen molar-refractivity contribution in [3.8, 4) is 5.75 Å². The second kappa shape index (κ2) is 9.95. The summed E-state index contributed by atoms with van der Waals surface area (Å²) in [6, 6.07) is 4.65. The van der Waals surface area contributed by atoms with Gasteiger partial charge in [0.25, 0.3) is 5.69 Å². The molecule has 0 atom stereocenters. The Balaban J connectivity index is 2.54. The van der Waals surface area contributed by atoms with Gasteiger partial charge in [0.05, 0.1) is 30.8 Å². The number of benzene rings is 1. The minimum absolute atomic E-state index is 0.00593. The molecule has 0 radical (unpaired) electrons. The minimum atomic E-state index is -0.431. The van der Waals surface area contributed by atoms with Gasteiger partial charge in [-0.3, -0.25) is 10.1 Å². The fourth-order valence-electron chi connectivity index (χ4n) is 1.61. The Morgan fingerprint density at radius 1 is 1.19 bits per heavy atom.